The second-order valence-electron chi connectivity index (χ2n) is 4.85. The minimum absolute atomic E-state index is 0.00834. The lowest BCUT2D eigenvalue weighted by Crippen LogP contribution is -2.26. The minimum Gasteiger partial charge on any atom is -0.352 e. The summed E-state index contributed by atoms with van der Waals surface area (Å²) in [5, 5.41) is 2.78. The van der Waals surface area contributed by atoms with E-state index in [-0.39, 0.29) is 11.3 Å². The summed E-state index contributed by atoms with van der Waals surface area (Å²) in [7, 11) is 0. The molecular weight excluding hydrogens is 349 g/mol. The maximum Gasteiger partial charge on any atom is 0.383 e. The van der Waals surface area contributed by atoms with Crippen LogP contribution in [0, 0.1) is 0 Å². The van der Waals surface area contributed by atoms with Gasteiger partial charge in [0.05, 0.1) is 0 Å². The number of amides is 1. The van der Waals surface area contributed by atoms with Gasteiger partial charge in [0.15, 0.2) is 0 Å². The number of hydrogen-bond donors (Lipinski definition) is 1. The minimum atomic E-state index is -3.84. The first kappa shape index (κ1) is 17.7. The van der Waals surface area contributed by atoms with Crippen molar-refractivity contribution in [1.29, 1.82) is 0 Å². The fourth-order valence-electron chi connectivity index (χ4n) is 1.97. The highest BCUT2D eigenvalue weighted by Crippen LogP contribution is 2.38. The topological polar surface area (TPSA) is 55.1 Å². The van der Waals surface area contributed by atoms with E-state index in [0.29, 0.717) is 17.1 Å². The molecule has 0 spiro atoms. The highest BCUT2D eigenvalue weighted by Gasteiger charge is 2.40. The van der Waals surface area contributed by atoms with Crippen LogP contribution in [-0.2, 0) is 5.38 Å². The van der Waals surface area contributed by atoms with Crippen LogP contribution in [0.25, 0.3) is 11.3 Å². The summed E-state index contributed by atoms with van der Waals surface area (Å²) in [6, 6.07) is 6.23. The molecule has 1 aromatic heterocycles. The first-order valence-corrected chi connectivity index (χ1v) is 7.71. The van der Waals surface area contributed by atoms with Gasteiger partial charge in [0.2, 0.25) is 5.76 Å². The molecule has 0 atom stereocenters. The van der Waals surface area contributed by atoms with Crippen molar-refractivity contribution in [3.05, 3.63) is 40.6 Å². The number of nitrogens with zero attached hydrogens (tertiary/aromatic N) is 1. The number of alkyl halides is 3. The molecule has 0 aliphatic rings. The molecule has 1 N–H and O–H groups in total. The van der Waals surface area contributed by atoms with Gasteiger partial charge >= 0.3 is 5.38 Å². The molecule has 23 heavy (non-hydrogen) atoms. The summed E-state index contributed by atoms with van der Waals surface area (Å²) in [5.74, 6) is -1.68. The Morgan fingerprint density at radius 1 is 1.35 bits per heavy atom. The standard InChI is InChI=1S/C15H14Cl2F2N2O2/c1-2-3-8-20-14(22)11-12(9-4-6-10(16)7-5-9)21-23-13(11)15(17,18)19/h4-7H,2-3,8H2,1H3,(H,20,22). The predicted octanol–water partition coefficient (Wildman–Crippen LogP) is 4.81. The van der Waals surface area contributed by atoms with Crippen molar-refractivity contribution in [3.63, 3.8) is 0 Å². The van der Waals surface area contributed by atoms with Crippen molar-refractivity contribution in [3.8, 4) is 11.3 Å². The van der Waals surface area contributed by atoms with E-state index in [0.717, 1.165) is 12.8 Å². The zero-order valence-corrected chi connectivity index (χ0v) is 13.7. The number of benzene rings is 1. The average Bonchev–Trinajstić information content (AvgIpc) is 2.93. The number of nitrogens with one attached hydrogen (secondary N) is 1. The molecule has 1 heterocycles. The van der Waals surface area contributed by atoms with Crippen LogP contribution < -0.4 is 5.32 Å². The molecule has 0 aliphatic heterocycles. The Labute approximate surface area is 141 Å². The van der Waals surface area contributed by atoms with Crippen LogP contribution in [-0.4, -0.2) is 17.6 Å². The van der Waals surface area contributed by atoms with Crippen molar-refractivity contribution in [2.75, 3.05) is 6.54 Å². The van der Waals surface area contributed by atoms with Crippen molar-refractivity contribution >= 4 is 29.1 Å². The summed E-state index contributed by atoms with van der Waals surface area (Å²) >= 11 is 10.8. The summed E-state index contributed by atoms with van der Waals surface area (Å²) in [6.07, 6.45) is 1.58. The zero-order chi connectivity index (χ0) is 17.0. The Hall–Kier alpha value is -1.66. The quantitative estimate of drug-likeness (QED) is 0.592. The van der Waals surface area contributed by atoms with Gasteiger partial charge in [0.25, 0.3) is 5.91 Å². The monoisotopic (exact) mass is 362 g/mol. The average molecular weight is 363 g/mol. The normalized spacial score (nSPS) is 11.5. The summed E-state index contributed by atoms with van der Waals surface area (Å²) in [6.45, 7) is 2.30. The van der Waals surface area contributed by atoms with Gasteiger partial charge in [-0.3, -0.25) is 4.79 Å². The first-order chi connectivity index (χ1) is 10.8. The van der Waals surface area contributed by atoms with Crippen LogP contribution in [0.1, 0.15) is 35.9 Å². The molecule has 0 fully saturated rings. The van der Waals surface area contributed by atoms with Crippen molar-refractivity contribution < 1.29 is 18.1 Å². The number of carbonyl (C=O) groups is 1. The van der Waals surface area contributed by atoms with E-state index in [1.165, 1.54) is 0 Å². The van der Waals surface area contributed by atoms with Crippen LogP contribution in [0.4, 0.5) is 8.78 Å². The molecule has 4 nitrogen and oxygen atoms in total. The van der Waals surface area contributed by atoms with Gasteiger partial charge in [-0.15, -0.1) is 0 Å². The third kappa shape index (κ3) is 4.20. The van der Waals surface area contributed by atoms with Gasteiger partial charge in [0, 0.05) is 17.1 Å². The fraction of sp³-hybridized carbons (Fsp3) is 0.333. The van der Waals surface area contributed by atoms with E-state index in [9.17, 15) is 13.6 Å². The molecule has 0 unspecified atom stereocenters. The van der Waals surface area contributed by atoms with Gasteiger partial charge in [-0.1, -0.05) is 42.2 Å². The molecule has 1 aromatic carbocycles. The predicted molar refractivity (Wildman–Crippen MR) is 83.9 cm³/mol. The summed E-state index contributed by atoms with van der Waals surface area (Å²) in [4.78, 5) is 12.3. The Bertz CT molecular complexity index is 682. The molecular formula is C15H14Cl2F2N2O2. The van der Waals surface area contributed by atoms with E-state index in [1.807, 2.05) is 6.92 Å². The number of rotatable bonds is 6. The highest BCUT2D eigenvalue weighted by atomic mass is 35.5. The molecule has 0 saturated heterocycles. The third-order valence-corrected chi connectivity index (χ3v) is 3.53. The fourth-order valence-corrected chi connectivity index (χ4v) is 2.22. The summed E-state index contributed by atoms with van der Waals surface area (Å²) < 4.78 is 31.6. The molecule has 0 radical (unpaired) electrons. The maximum absolute atomic E-state index is 13.5. The first-order valence-electron chi connectivity index (χ1n) is 6.95. The lowest BCUT2D eigenvalue weighted by atomic mass is 10.1. The van der Waals surface area contributed by atoms with Gasteiger partial charge < -0.3 is 9.84 Å². The van der Waals surface area contributed by atoms with Crippen LogP contribution in [0.3, 0.4) is 0 Å². The van der Waals surface area contributed by atoms with Crippen LogP contribution >= 0.6 is 23.2 Å². The lowest BCUT2D eigenvalue weighted by molar-refractivity contribution is 0.0583. The largest absolute Gasteiger partial charge is 0.383 e. The number of hydrogen-bond acceptors (Lipinski definition) is 3. The zero-order valence-electron chi connectivity index (χ0n) is 12.2. The van der Waals surface area contributed by atoms with E-state index in [4.69, 9.17) is 23.2 Å². The Morgan fingerprint density at radius 2 is 2.00 bits per heavy atom. The van der Waals surface area contributed by atoms with Crippen LogP contribution in [0.2, 0.25) is 5.02 Å². The van der Waals surface area contributed by atoms with Crippen molar-refractivity contribution in [2.45, 2.75) is 25.1 Å². The van der Waals surface area contributed by atoms with Gasteiger partial charge in [-0.25, -0.2) is 0 Å². The van der Waals surface area contributed by atoms with E-state index in [2.05, 4.69) is 15.0 Å². The van der Waals surface area contributed by atoms with Gasteiger partial charge in [-0.05, 0) is 30.2 Å². The number of carbonyl (C=O) groups excluding carboxylic acids is 1. The number of unbranched alkanes of at least 4 members (excludes halogenated alkanes) is 1. The van der Waals surface area contributed by atoms with Gasteiger partial charge in [0.1, 0.15) is 11.3 Å². The molecule has 8 heteroatoms. The highest BCUT2D eigenvalue weighted by molar-refractivity contribution is 6.30. The maximum atomic E-state index is 13.5. The molecule has 2 aromatic rings. The Morgan fingerprint density at radius 3 is 2.57 bits per heavy atom. The smallest absolute Gasteiger partial charge is 0.352 e. The SMILES string of the molecule is CCCCNC(=O)c1c(-c2ccc(Cl)cc2)noc1C(F)(F)Cl. The van der Waals surface area contributed by atoms with Crippen molar-refractivity contribution in [2.24, 2.45) is 0 Å². The van der Waals surface area contributed by atoms with Crippen LogP contribution in [0.5, 0.6) is 0 Å². The molecule has 0 aliphatic carbocycles. The van der Waals surface area contributed by atoms with Gasteiger partial charge in [-0.2, -0.15) is 8.78 Å². The second-order valence-corrected chi connectivity index (χ2v) is 5.76. The molecule has 0 saturated carbocycles. The Kier molecular flexibility index (Phi) is 5.59. The molecule has 1 amide bonds. The second kappa shape index (κ2) is 7.27. The molecule has 124 valence electrons. The molecule has 2 rings (SSSR count). The van der Waals surface area contributed by atoms with Crippen LogP contribution in [0.15, 0.2) is 28.8 Å². The van der Waals surface area contributed by atoms with E-state index >= 15 is 0 Å². The summed E-state index contributed by atoms with van der Waals surface area (Å²) in [5.41, 5.74) is 0.0420. The number of aromatic nitrogens is 1. The van der Waals surface area contributed by atoms with E-state index in [1.54, 1.807) is 24.3 Å². The van der Waals surface area contributed by atoms with Crippen molar-refractivity contribution in [1.82, 2.24) is 10.5 Å². The molecule has 0 bridgehead atoms. The lowest BCUT2D eigenvalue weighted by Gasteiger charge is -2.08. The van der Waals surface area contributed by atoms with E-state index < -0.39 is 17.0 Å². The third-order valence-electron chi connectivity index (χ3n) is 3.11. The number of halogens is 4. The Balaban J connectivity index is 2.45.